The lowest BCUT2D eigenvalue weighted by atomic mass is 10.1. The smallest absolute Gasteiger partial charge is 0.230 e. The van der Waals surface area contributed by atoms with Crippen molar-refractivity contribution in [1.29, 1.82) is 0 Å². The Morgan fingerprint density at radius 1 is 1.39 bits per heavy atom. The van der Waals surface area contributed by atoms with E-state index in [-0.39, 0.29) is 5.91 Å². The summed E-state index contributed by atoms with van der Waals surface area (Å²) in [6.07, 6.45) is 3.19. The molecule has 122 valence electrons. The van der Waals surface area contributed by atoms with Crippen molar-refractivity contribution in [3.8, 4) is 0 Å². The molecule has 1 aromatic heterocycles. The van der Waals surface area contributed by atoms with Gasteiger partial charge in [-0.3, -0.25) is 4.79 Å². The Labute approximate surface area is 144 Å². The molecule has 0 aliphatic heterocycles. The average molecular weight is 348 g/mol. The number of rotatable bonds is 7. The van der Waals surface area contributed by atoms with Crippen LogP contribution in [-0.2, 0) is 11.2 Å². The molecule has 1 aliphatic rings. The summed E-state index contributed by atoms with van der Waals surface area (Å²) < 4.78 is 0.810. The number of hydrogen-bond acceptors (Lipinski definition) is 6. The third kappa shape index (κ3) is 4.45. The van der Waals surface area contributed by atoms with Crippen molar-refractivity contribution in [2.75, 3.05) is 11.1 Å². The normalized spacial score (nSPS) is 13.8. The van der Waals surface area contributed by atoms with Gasteiger partial charge in [0.25, 0.3) is 0 Å². The van der Waals surface area contributed by atoms with E-state index >= 15 is 0 Å². The lowest BCUT2D eigenvalue weighted by molar-refractivity contribution is -0.118. The number of carbonyl (C=O) groups is 1. The molecule has 5 nitrogen and oxygen atoms in total. The first-order valence-corrected chi connectivity index (χ1v) is 9.57. The molecule has 1 amide bonds. The fraction of sp³-hybridized carbons (Fsp3) is 0.438. The molecule has 1 aromatic carbocycles. The minimum absolute atomic E-state index is 0.0781. The molecular formula is C16H20N4OS2. The zero-order valence-corrected chi connectivity index (χ0v) is 14.9. The lowest BCUT2D eigenvalue weighted by Crippen LogP contribution is -2.26. The molecule has 23 heavy (non-hydrogen) atoms. The van der Waals surface area contributed by atoms with Crippen LogP contribution in [-0.4, -0.2) is 27.9 Å². The summed E-state index contributed by atoms with van der Waals surface area (Å²) in [5.74, 6) is 0.477. The van der Waals surface area contributed by atoms with Gasteiger partial charge in [-0.05, 0) is 37.3 Å². The molecule has 7 heteroatoms. The van der Waals surface area contributed by atoms with Gasteiger partial charge in [-0.1, -0.05) is 48.2 Å². The molecule has 0 saturated heterocycles. The molecule has 1 aliphatic carbocycles. The van der Waals surface area contributed by atoms with Gasteiger partial charge in [-0.15, -0.1) is 10.2 Å². The highest BCUT2D eigenvalue weighted by Crippen LogP contribution is 2.30. The minimum Gasteiger partial charge on any atom is -0.353 e. The van der Waals surface area contributed by atoms with E-state index in [1.807, 2.05) is 0 Å². The fourth-order valence-electron chi connectivity index (χ4n) is 2.25. The highest BCUT2D eigenvalue weighted by molar-refractivity contribution is 8.01. The maximum atomic E-state index is 11.7. The first-order valence-electron chi connectivity index (χ1n) is 7.77. The predicted molar refractivity (Wildman–Crippen MR) is 95.6 cm³/mol. The molecule has 1 heterocycles. The molecule has 3 rings (SSSR count). The molecule has 0 bridgehead atoms. The molecule has 2 aromatic rings. The maximum Gasteiger partial charge on any atom is 0.230 e. The van der Waals surface area contributed by atoms with Crippen molar-refractivity contribution in [2.45, 2.75) is 43.5 Å². The van der Waals surface area contributed by atoms with Gasteiger partial charge in [-0.25, -0.2) is 0 Å². The van der Waals surface area contributed by atoms with Crippen LogP contribution in [0.25, 0.3) is 0 Å². The second-order valence-corrected chi connectivity index (χ2v) is 7.79. The number of nitrogens with one attached hydrogen (secondary N) is 2. The monoisotopic (exact) mass is 348 g/mol. The molecule has 0 radical (unpaired) electrons. The highest BCUT2D eigenvalue weighted by atomic mass is 32.2. The van der Waals surface area contributed by atoms with Crippen molar-refractivity contribution in [3.63, 3.8) is 0 Å². The van der Waals surface area contributed by atoms with Gasteiger partial charge in [0.1, 0.15) is 0 Å². The second-order valence-electron chi connectivity index (χ2n) is 5.59. The van der Waals surface area contributed by atoms with Crippen molar-refractivity contribution in [3.05, 3.63) is 29.3 Å². The molecule has 1 fully saturated rings. The van der Waals surface area contributed by atoms with Gasteiger partial charge in [0, 0.05) is 11.7 Å². The Morgan fingerprint density at radius 3 is 2.96 bits per heavy atom. The standard InChI is InChI=1S/C16H20N4OS2/c1-3-11-6-4-5-10(2)14(11)18-15-19-20-16(23-15)22-9-13(21)17-12-7-8-12/h4-6,12H,3,7-9H2,1-2H3,(H,17,21)(H,18,19). The minimum atomic E-state index is 0.0781. The molecule has 0 atom stereocenters. The Hall–Kier alpha value is -1.60. The van der Waals surface area contributed by atoms with Gasteiger partial charge in [0.05, 0.1) is 5.75 Å². The number of aromatic nitrogens is 2. The first kappa shape index (κ1) is 16.3. The van der Waals surface area contributed by atoms with Crippen LogP contribution >= 0.6 is 23.1 Å². The van der Waals surface area contributed by atoms with E-state index in [4.69, 9.17) is 0 Å². The number of hydrogen-bond donors (Lipinski definition) is 2. The second kappa shape index (κ2) is 7.31. The van der Waals surface area contributed by atoms with Crippen LogP contribution in [0, 0.1) is 6.92 Å². The molecule has 0 unspecified atom stereocenters. The summed E-state index contributed by atoms with van der Waals surface area (Å²) >= 11 is 2.92. The largest absolute Gasteiger partial charge is 0.353 e. The molecule has 0 spiro atoms. The van der Waals surface area contributed by atoms with Crippen LogP contribution in [0.1, 0.15) is 30.9 Å². The SMILES string of the molecule is CCc1cccc(C)c1Nc1nnc(SCC(=O)NC2CC2)s1. The van der Waals surface area contributed by atoms with Gasteiger partial charge in [0.15, 0.2) is 4.34 Å². The number of para-hydroxylation sites is 1. The molecule has 2 N–H and O–H groups in total. The van der Waals surface area contributed by atoms with E-state index in [1.54, 1.807) is 0 Å². The van der Waals surface area contributed by atoms with E-state index < -0.39 is 0 Å². The number of amides is 1. The fourth-order valence-corrected chi connectivity index (χ4v) is 3.82. The van der Waals surface area contributed by atoms with Crippen molar-refractivity contribution in [1.82, 2.24) is 15.5 Å². The van der Waals surface area contributed by atoms with Crippen LogP contribution in [0.15, 0.2) is 22.5 Å². The van der Waals surface area contributed by atoms with Crippen molar-refractivity contribution < 1.29 is 4.79 Å². The summed E-state index contributed by atoms with van der Waals surface area (Å²) in [4.78, 5) is 11.7. The zero-order valence-electron chi connectivity index (χ0n) is 13.3. The Kier molecular flexibility index (Phi) is 5.17. The number of carbonyl (C=O) groups excluding carboxylic acids is 1. The third-order valence-electron chi connectivity index (χ3n) is 3.65. The van der Waals surface area contributed by atoms with E-state index in [9.17, 15) is 4.79 Å². The average Bonchev–Trinajstić information content (AvgIpc) is 3.23. The Balaban J connectivity index is 1.59. The third-order valence-corrected chi connectivity index (χ3v) is 5.62. The number of benzene rings is 1. The predicted octanol–water partition coefficient (Wildman–Crippen LogP) is 3.52. The molecular weight excluding hydrogens is 328 g/mol. The topological polar surface area (TPSA) is 66.9 Å². The van der Waals surface area contributed by atoms with Gasteiger partial charge < -0.3 is 10.6 Å². The van der Waals surface area contributed by atoms with Crippen LogP contribution < -0.4 is 10.6 Å². The van der Waals surface area contributed by atoms with E-state index in [0.29, 0.717) is 11.8 Å². The quantitative estimate of drug-likeness (QED) is 0.749. The van der Waals surface area contributed by atoms with Gasteiger partial charge >= 0.3 is 0 Å². The van der Waals surface area contributed by atoms with E-state index in [1.165, 1.54) is 34.2 Å². The number of nitrogens with zero attached hydrogens (tertiary/aromatic N) is 2. The maximum absolute atomic E-state index is 11.7. The van der Waals surface area contributed by atoms with Gasteiger partial charge in [0.2, 0.25) is 11.0 Å². The number of thioether (sulfide) groups is 1. The number of anilines is 2. The van der Waals surface area contributed by atoms with E-state index in [2.05, 4.69) is 52.9 Å². The zero-order chi connectivity index (χ0) is 16.2. The Morgan fingerprint density at radius 2 is 2.22 bits per heavy atom. The summed E-state index contributed by atoms with van der Waals surface area (Å²) in [6, 6.07) is 6.68. The van der Waals surface area contributed by atoms with Crippen molar-refractivity contribution in [2.24, 2.45) is 0 Å². The van der Waals surface area contributed by atoms with E-state index in [0.717, 1.165) is 34.4 Å². The summed E-state index contributed by atoms with van der Waals surface area (Å²) in [7, 11) is 0. The lowest BCUT2D eigenvalue weighted by Gasteiger charge is -2.11. The number of aryl methyl sites for hydroxylation is 2. The Bertz CT molecular complexity index is 697. The summed E-state index contributed by atoms with van der Waals surface area (Å²) in [5.41, 5.74) is 3.56. The van der Waals surface area contributed by atoms with Crippen LogP contribution in [0.5, 0.6) is 0 Å². The highest BCUT2D eigenvalue weighted by Gasteiger charge is 2.23. The van der Waals surface area contributed by atoms with Crippen LogP contribution in [0.3, 0.4) is 0 Å². The molecule has 1 saturated carbocycles. The first-order chi connectivity index (χ1) is 11.2. The summed E-state index contributed by atoms with van der Waals surface area (Å²) in [5, 5.41) is 15.4. The van der Waals surface area contributed by atoms with Crippen LogP contribution in [0.4, 0.5) is 10.8 Å². The van der Waals surface area contributed by atoms with Crippen LogP contribution in [0.2, 0.25) is 0 Å². The van der Waals surface area contributed by atoms with Crippen molar-refractivity contribution >= 4 is 39.8 Å². The van der Waals surface area contributed by atoms with Gasteiger partial charge in [-0.2, -0.15) is 0 Å². The summed E-state index contributed by atoms with van der Waals surface area (Å²) in [6.45, 7) is 4.22.